The van der Waals surface area contributed by atoms with Crippen LogP contribution in [-0.4, -0.2) is 39.6 Å². The quantitative estimate of drug-likeness (QED) is 0.383. The summed E-state index contributed by atoms with van der Waals surface area (Å²) in [5, 5.41) is 35.6. The summed E-state index contributed by atoms with van der Waals surface area (Å²) in [4.78, 5) is 9.99. The molecule has 0 radical (unpaired) electrons. The first kappa shape index (κ1) is 14.5. The Morgan fingerprint density at radius 3 is 2.18 bits per heavy atom. The molecule has 0 aliphatic rings. The van der Waals surface area contributed by atoms with Gasteiger partial charge >= 0.3 is 51.4 Å². The monoisotopic (exact) mass is 188 g/mol. The van der Waals surface area contributed by atoms with Crippen molar-refractivity contribution in [2.45, 2.75) is 18.6 Å². The average Bonchev–Trinajstić information content (AvgIpc) is 1.86. The summed E-state index contributed by atoms with van der Waals surface area (Å²) < 4.78 is 0. The van der Waals surface area contributed by atoms with Gasteiger partial charge in [0.1, 0.15) is 11.7 Å². The molecule has 0 aliphatic heterocycles. The Morgan fingerprint density at radius 1 is 1.73 bits per heavy atom. The maximum absolute atomic E-state index is 9.99. The Labute approximate surface area is 106 Å². The van der Waals surface area contributed by atoms with Crippen molar-refractivity contribution in [2.24, 2.45) is 0 Å². The van der Waals surface area contributed by atoms with Crippen LogP contribution in [-0.2, 0) is 4.79 Å². The van der Waals surface area contributed by atoms with Crippen LogP contribution in [0.15, 0.2) is 0 Å². The van der Waals surface area contributed by atoms with E-state index in [0.29, 0.717) is 0 Å². The number of hydrogen-bond acceptors (Lipinski definition) is 5. The molecular weight excluding hydrogens is 179 g/mol. The van der Waals surface area contributed by atoms with E-state index < -0.39 is 24.3 Å². The summed E-state index contributed by atoms with van der Waals surface area (Å²) in [5.74, 6) is -1.81. The first-order valence-corrected chi connectivity index (χ1v) is 2.65. The molecule has 11 heavy (non-hydrogen) atoms. The zero-order valence-electron chi connectivity index (χ0n) is 6.44. The van der Waals surface area contributed by atoms with Gasteiger partial charge in [-0.3, -0.25) is 0 Å². The van der Waals surface area contributed by atoms with Gasteiger partial charge in [0.05, 0.1) is 12.6 Å². The fraction of sp³-hybridized carbons (Fsp3) is 0.800. The minimum absolute atomic E-state index is 0. The molecule has 3 N–H and O–H groups in total. The summed E-state index contributed by atoms with van der Waals surface area (Å²) >= 11 is 0. The fourth-order valence-corrected chi connectivity index (χ4v) is 0.314. The number of carbonyl (C=O) groups is 1. The van der Waals surface area contributed by atoms with Crippen molar-refractivity contribution in [3.8, 4) is 0 Å². The molecule has 0 rings (SSSR count). The molecule has 0 aromatic rings. The molecule has 0 aromatic heterocycles. The van der Waals surface area contributed by atoms with Crippen molar-refractivity contribution in [2.75, 3.05) is 6.61 Å². The van der Waals surface area contributed by atoms with Crippen molar-refractivity contribution >= 4 is 5.97 Å². The maximum atomic E-state index is 9.99. The smallest absolute Gasteiger partial charge is 0.547 e. The molecule has 5 nitrogen and oxygen atoms in total. The van der Waals surface area contributed by atoms with E-state index in [-0.39, 0.29) is 51.4 Å². The number of hydrogen-bond donors (Lipinski definition) is 3. The molecule has 60 valence electrons. The summed E-state index contributed by atoms with van der Waals surface area (Å²) in [5.41, 5.74) is -2.38. The van der Waals surface area contributed by atoms with Gasteiger partial charge < -0.3 is 25.2 Å². The molecule has 0 heterocycles. The van der Waals surface area contributed by atoms with E-state index in [9.17, 15) is 9.90 Å². The Morgan fingerprint density at radius 2 is 2.09 bits per heavy atom. The molecule has 0 aliphatic carbocycles. The minimum Gasteiger partial charge on any atom is -0.547 e. The molecule has 2 unspecified atom stereocenters. The summed E-state index contributed by atoms with van der Waals surface area (Å²) in [6.07, 6.45) is -1.71. The van der Waals surface area contributed by atoms with Crippen LogP contribution < -0.4 is 56.5 Å². The molecule has 0 saturated carbocycles. The zero-order valence-corrected chi connectivity index (χ0v) is 9.57. The Hall–Kier alpha value is 0.986. The van der Waals surface area contributed by atoms with E-state index in [1.165, 1.54) is 0 Å². The number of carboxylic acid groups (broad SMARTS) is 1. The molecule has 0 bridgehead atoms. The van der Waals surface area contributed by atoms with Gasteiger partial charge in [0.15, 0.2) is 0 Å². The summed E-state index contributed by atoms with van der Waals surface area (Å²) in [6.45, 7) is 0.0319. The number of aliphatic hydroxyl groups excluding tert-OH is 2. The van der Waals surface area contributed by atoms with E-state index in [1.807, 2.05) is 0 Å². The third-order valence-corrected chi connectivity index (χ3v) is 1.24. The second-order valence-electron chi connectivity index (χ2n) is 2.13. The van der Waals surface area contributed by atoms with E-state index >= 15 is 0 Å². The number of aliphatic carboxylic acids is 1. The minimum atomic E-state index is -2.38. The molecule has 2 atom stereocenters. The predicted molar refractivity (Wildman–Crippen MR) is 28.7 cm³/mol. The van der Waals surface area contributed by atoms with Crippen LogP contribution >= 0.6 is 0 Å². The normalized spacial score (nSPS) is 17.8. The van der Waals surface area contributed by atoms with Crippen molar-refractivity contribution in [3.63, 3.8) is 0 Å². The van der Waals surface area contributed by atoms with Crippen LogP contribution in [0, 0.1) is 0 Å². The van der Waals surface area contributed by atoms with Gasteiger partial charge in [-0.25, -0.2) is 0 Å². The topological polar surface area (TPSA) is 101 Å². The van der Waals surface area contributed by atoms with Gasteiger partial charge in [-0.05, 0) is 6.92 Å². The molecule has 0 fully saturated rings. The van der Waals surface area contributed by atoms with Gasteiger partial charge in [0.25, 0.3) is 0 Å². The standard InChI is InChI=1S/C5H10O5.K/c1-5(10,4(8)9)3(7)2-6;/h3,6-7,10H,2H2,1H3,(H,8,9);/q;+1/p-1. The molecule has 0 aromatic carbocycles. The average molecular weight is 188 g/mol. The zero-order chi connectivity index (χ0) is 8.36. The molecule has 0 saturated heterocycles. The van der Waals surface area contributed by atoms with Crippen molar-refractivity contribution in [1.29, 1.82) is 0 Å². The Kier molecular flexibility index (Phi) is 7.39. The third-order valence-electron chi connectivity index (χ3n) is 1.24. The maximum Gasteiger partial charge on any atom is 1.00 e. The van der Waals surface area contributed by atoms with Gasteiger partial charge in [-0.15, -0.1) is 0 Å². The van der Waals surface area contributed by atoms with Gasteiger partial charge in [-0.2, -0.15) is 0 Å². The number of carboxylic acids is 1. The van der Waals surface area contributed by atoms with Crippen LogP contribution in [0.3, 0.4) is 0 Å². The van der Waals surface area contributed by atoms with Crippen LogP contribution in [0.25, 0.3) is 0 Å². The first-order chi connectivity index (χ1) is 4.42. The SMILES string of the molecule is CC(O)(C(=O)[O-])C(O)CO.[K+]. The summed E-state index contributed by atoms with van der Waals surface area (Å²) in [7, 11) is 0. The van der Waals surface area contributed by atoms with E-state index in [2.05, 4.69) is 0 Å². The Balaban J connectivity index is 0. The largest absolute Gasteiger partial charge is 1.00 e. The summed E-state index contributed by atoms with van der Waals surface area (Å²) in [6, 6.07) is 0. The van der Waals surface area contributed by atoms with Crippen molar-refractivity contribution in [1.82, 2.24) is 0 Å². The molecule has 6 heteroatoms. The van der Waals surface area contributed by atoms with Crippen LogP contribution in [0.2, 0.25) is 0 Å². The van der Waals surface area contributed by atoms with E-state index in [1.54, 1.807) is 0 Å². The number of carbonyl (C=O) groups excluding carboxylic acids is 1. The van der Waals surface area contributed by atoms with Crippen LogP contribution in [0.5, 0.6) is 0 Å². The third kappa shape index (κ3) is 3.95. The predicted octanol–water partition coefficient (Wildman–Crippen LogP) is -6.16. The first-order valence-electron chi connectivity index (χ1n) is 2.65. The molecule has 0 amide bonds. The Bertz CT molecular complexity index is 135. The van der Waals surface area contributed by atoms with E-state index in [0.717, 1.165) is 6.92 Å². The van der Waals surface area contributed by atoms with Crippen LogP contribution in [0.1, 0.15) is 6.92 Å². The second kappa shape index (κ2) is 5.60. The molecular formula is C5H9KO5. The number of rotatable bonds is 3. The van der Waals surface area contributed by atoms with Gasteiger partial charge in [0, 0.05) is 0 Å². The van der Waals surface area contributed by atoms with E-state index in [4.69, 9.17) is 15.3 Å². The van der Waals surface area contributed by atoms with Crippen molar-refractivity contribution in [3.05, 3.63) is 0 Å². The number of aliphatic hydroxyl groups is 3. The fourth-order valence-electron chi connectivity index (χ4n) is 0.314. The van der Waals surface area contributed by atoms with Gasteiger partial charge in [0.2, 0.25) is 0 Å². The van der Waals surface area contributed by atoms with Gasteiger partial charge in [-0.1, -0.05) is 0 Å². The van der Waals surface area contributed by atoms with Crippen LogP contribution in [0.4, 0.5) is 0 Å². The van der Waals surface area contributed by atoms with Crippen molar-refractivity contribution < 1.29 is 76.6 Å². The second-order valence-corrected chi connectivity index (χ2v) is 2.13. The molecule has 0 spiro atoms.